The van der Waals surface area contributed by atoms with Crippen LogP contribution in [0, 0.1) is 13.8 Å². The van der Waals surface area contributed by atoms with Crippen molar-refractivity contribution in [2.75, 3.05) is 22.1 Å². The standard InChI is InChI=1S/C39H38N6O2/c1-23-31(25-13-7-5-8-14-25)33(37(46)42-29-19-11-17-27(40)21-29)44-35(23)39(3,4)36-24(2)32(26-15-9-6-10-16-26)34(45-36)38(47)43-30-20-12-18-28(41)22-30/h5-22,44-45H,40-41H2,1-4H3,(H,42,46)(H,43,47). The molecule has 0 atom stereocenters. The summed E-state index contributed by atoms with van der Waals surface area (Å²) < 4.78 is 0. The van der Waals surface area contributed by atoms with Crippen molar-refractivity contribution >= 4 is 34.6 Å². The molecule has 0 saturated carbocycles. The Labute approximate surface area is 274 Å². The first-order valence-corrected chi connectivity index (χ1v) is 15.4. The SMILES string of the molecule is Cc1c(C(C)(C)c2[nH]c(C(=O)Nc3cccc(N)c3)c(-c3ccccc3)c2C)[nH]c(C(=O)Nc2cccc(N)c2)c1-c1ccccc1. The Morgan fingerprint density at radius 2 is 0.957 bits per heavy atom. The first kappa shape index (κ1) is 31.0. The van der Waals surface area contributed by atoms with Crippen molar-refractivity contribution in [2.24, 2.45) is 0 Å². The van der Waals surface area contributed by atoms with E-state index < -0.39 is 5.41 Å². The van der Waals surface area contributed by atoms with E-state index in [0.717, 1.165) is 44.8 Å². The van der Waals surface area contributed by atoms with Crippen LogP contribution in [0.2, 0.25) is 0 Å². The van der Waals surface area contributed by atoms with E-state index in [-0.39, 0.29) is 11.8 Å². The quantitative estimate of drug-likeness (QED) is 0.0950. The average molecular weight is 623 g/mol. The summed E-state index contributed by atoms with van der Waals surface area (Å²) in [6.07, 6.45) is 0. The molecule has 4 aromatic carbocycles. The number of amides is 2. The monoisotopic (exact) mass is 622 g/mol. The molecule has 0 radical (unpaired) electrons. The third-order valence-electron chi connectivity index (χ3n) is 8.62. The van der Waals surface area contributed by atoms with Gasteiger partial charge in [0.1, 0.15) is 11.4 Å². The summed E-state index contributed by atoms with van der Waals surface area (Å²) in [5, 5.41) is 6.02. The fraction of sp³-hybridized carbons (Fsp3) is 0.128. The molecule has 2 amide bonds. The van der Waals surface area contributed by atoms with Gasteiger partial charge in [0.2, 0.25) is 0 Å². The summed E-state index contributed by atoms with van der Waals surface area (Å²) >= 11 is 0. The number of nitrogen functional groups attached to an aromatic ring is 2. The van der Waals surface area contributed by atoms with Gasteiger partial charge in [-0.3, -0.25) is 9.59 Å². The molecule has 47 heavy (non-hydrogen) atoms. The van der Waals surface area contributed by atoms with Gasteiger partial charge in [-0.1, -0.05) is 72.8 Å². The van der Waals surface area contributed by atoms with Crippen molar-refractivity contribution in [2.45, 2.75) is 33.1 Å². The summed E-state index contributed by atoms with van der Waals surface area (Å²) in [6.45, 7) is 8.23. The van der Waals surface area contributed by atoms with E-state index in [1.165, 1.54) is 0 Å². The molecule has 0 fully saturated rings. The third-order valence-corrected chi connectivity index (χ3v) is 8.62. The lowest BCUT2D eigenvalue weighted by molar-refractivity contribution is 0.101. The molecule has 0 spiro atoms. The number of nitrogens with one attached hydrogen (secondary N) is 4. The molecule has 2 aromatic heterocycles. The van der Waals surface area contributed by atoms with E-state index >= 15 is 0 Å². The molecule has 0 bridgehead atoms. The van der Waals surface area contributed by atoms with Crippen molar-refractivity contribution in [3.63, 3.8) is 0 Å². The van der Waals surface area contributed by atoms with Gasteiger partial charge >= 0.3 is 0 Å². The molecule has 6 rings (SSSR count). The Balaban J connectivity index is 1.48. The van der Waals surface area contributed by atoms with E-state index in [2.05, 4.69) is 34.4 Å². The molecule has 8 nitrogen and oxygen atoms in total. The Kier molecular flexibility index (Phi) is 8.18. The third kappa shape index (κ3) is 6.01. The maximum atomic E-state index is 13.9. The fourth-order valence-corrected chi connectivity index (χ4v) is 6.45. The highest BCUT2D eigenvalue weighted by atomic mass is 16.2. The first-order chi connectivity index (χ1) is 22.5. The van der Waals surface area contributed by atoms with Crippen LogP contribution >= 0.6 is 0 Å². The van der Waals surface area contributed by atoms with Crippen molar-refractivity contribution in [3.05, 3.63) is 143 Å². The number of nitrogens with two attached hydrogens (primary N) is 2. The molecule has 236 valence electrons. The highest BCUT2D eigenvalue weighted by Gasteiger charge is 2.36. The Bertz CT molecular complexity index is 1940. The van der Waals surface area contributed by atoms with Crippen molar-refractivity contribution in [3.8, 4) is 22.3 Å². The summed E-state index contributed by atoms with van der Waals surface area (Å²) in [5.74, 6) is -0.565. The number of aromatic amines is 2. The minimum absolute atomic E-state index is 0.282. The second-order valence-electron chi connectivity index (χ2n) is 12.3. The number of H-pyrrole nitrogens is 2. The van der Waals surface area contributed by atoms with Gasteiger partial charge in [0.15, 0.2) is 0 Å². The number of benzene rings is 4. The second-order valence-corrected chi connectivity index (χ2v) is 12.3. The summed E-state index contributed by atoms with van der Waals surface area (Å²) in [6, 6.07) is 33.9. The Hall–Kier alpha value is -6.02. The van der Waals surface area contributed by atoms with Crippen LogP contribution in [0.15, 0.2) is 109 Å². The van der Waals surface area contributed by atoms with Gasteiger partial charge in [-0.15, -0.1) is 0 Å². The minimum Gasteiger partial charge on any atom is -0.399 e. The van der Waals surface area contributed by atoms with Crippen LogP contribution in [-0.2, 0) is 5.41 Å². The number of aromatic nitrogens is 2. The lowest BCUT2D eigenvalue weighted by Gasteiger charge is -2.25. The fourth-order valence-electron chi connectivity index (χ4n) is 6.45. The number of rotatable bonds is 8. The van der Waals surface area contributed by atoms with E-state index in [0.29, 0.717) is 34.1 Å². The topological polar surface area (TPSA) is 142 Å². The molecular formula is C39H38N6O2. The molecular weight excluding hydrogens is 584 g/mol. The molecule has 0 aliphatic heterocycles. The van der Waals surface area contributed by atoms with E-state index in [1.807, 2.05) is 74.5 Å². The van der Waals surface area contributed by atoms with Gasteiger partial charge in [0, 0.05) is 50.7 Å². The number of anilines is 4. The van der Waals surface area contributed by atoms with E-state index in [1.54, 1.807) is 48.5 Å². The predicted molar refractivity (Wildman–Crippen MR) is 192 cm³/mol. The molecule has 6 aromatic rings. The van der Waals surface area contributed by atoms with Gasteiger partial charge in [0.05, 0.1) is 0 Å². The Morgan fingerprint density at radius 3 is 1.32 bits per heavy atom. The van der Waals surface area contributed by atoms with Gasteiger partial charge in [-0.25, -0.2) is 0 Å². The number of hydrogen-bond donors (Lipinski definition) is 6. The van der Waals surface area contributed by atoms with Crippen LogP contribution in [0.4, 0.5) is 22.7 Å². The van der Waals surface area contributed by atoms with Gasteiger partial charge in [-0.2, -0.15) is 0 Å². The van der Waals surface area contributed by atoms with Gasteiger partial charge < -0.3 is 32.1 Å². The predicted octanol–water partition coefficient (Wildman–Crippen LogP) is 8.29. The number of carbonyl (C=O) groups is 2. The number of carbonyl (C=O) groups excluding carboxylic acids is 2. The largest absolute Gasteiger partial charge is 0.399 e. The average Bonchev–Trinajstić information content (AvgIpc) is 3.60. The van der Waals surface area contributed by atoms with Crippen LogP contribution in [0.25, 0.3) is 22.3 Å². The van der Waals surface area contributed by atoms with Crippen LogP contribution in [0.5, 0.6) is 0 Å². The maximum absolute atomic E-state index is 13.9. The molecule has 2 heterocycles. The van der Waals surface area contributed by atoms with Crippen LogP contribution < -0.4 is 22.1 Å². The Morgan fingerprint density at radius 1 is 0.574 bits per heavy atom. The molecule has 0 aliphatic rings. The minimum atomic E-state index is -0.688. The van der Waals surface area contributed by atoms with E-state index in [9.17, 15) is 9.59 Å². The number of hydrogen-bond acceptors (Lipinski definition) is 4. The summed E-state index contributed by atoms with van der Waals surface area (Å²) in [5.41, 5.74) is 21.5. The lowest BCUT2D eigenvalue weighted by Crippen LogP contribution is -2.23. The maximum Gasteiger partial charge on any atom is 0.272 e. The van der Waals surface area contributed by atoms with Gasteiger partial charge in [-0.05, 0) is 86.3 Å². The zero-order valence-electron chi connectivity index (χ0n) is 26.9. The molecule has 0 aliphatic carbocycles. The smallest absolute Gasteiger partial charge is 0.272 e. The van der Waals surface area contributed by atoms with Crippen molar-refractivity contribution in [1.29, 1.82) is 0 Å². The molecule has 8 N–H and O–H groups in total. The zero-order chi connectivity index (χ0) is 33.3. The zero-order valence-corrected chi connectivity index (χ0v) is 26.9. The molecule has 0 unspecified atom stereocenters. The molecule has 8 heteroatoms. The normalized spacial score (nSPS) is 11.3. The lowest BCUT2D eigenvalue weighted by atomic mass is 9.80. The van der Waals surface area contributed by atoms with Crippen LogP contribution in [-0.4, -0.2) is 21.8 Å². The van der Waals surface area contributed by atoms with Gasteiger partial charge in [0.25, 0.3) is 11.8 Å². The van der Waals surface area contributed by atoms with E-state index in [4.69, 9.17) is 11.5 Å². The van der Waals surface area contributed by atoms with Crippen LogP contribution in [0.1, 0.15) is 57.3 Å². The molecule has 0 saturated heterocycles. The highest BCUT2D eigenvalue weighted by molar-refractivity contribution is 6.09. The summed E-state index contributed by atoms with van der Waals surface area (Å²) in [4.78, 5) is 34.8. The van der Waals surface area contributed by atoms with Crippen molar-refractivity contribution in [1.82, 2.24) is 9.97 Å². The second kappa shape index (κ2) is 12.4. The van der Waals surface area contributed by atoms with Crippen LogP contribution in [0.3, 0.4) is 0 Å². The first-order valence-electron chi connectivity index (χ1n) is 15.4. The summed E-state index contributed by atoms with van der Waals surface area (Å²) in [7, 11) is 0. The van der Waals surface area contributed by atoms with Crippen molar-refractivity contribution < 1.29 is 9.59 Å². The highest BCUT2D eigenvalue weighted by Crippen LogP contribution is 2.43.